The fourth-order valence-corrected chi connectivity index (χ4v) is 2.76. The van der Waals surface area contributed by atoms with Crippen molar-refractivity contribution in [2.24, 2.45) is 5.41 Å². The average molecular weight is 287 g/mol. The molecule has 2 N–H and O–H groups in total. The van der Waals surface area contributed by atoms with Crippen LogP contribution in [0.3, 0.4) is 0 Å². The highest BCUT2D eigenvalue weighted by atomic mass is 16.5. The van der Waals surface area contributed by atoms with E-state index in [2.05, 4.69) is 22.4 Å². The molecule has 0 spiro atoms. The van der Waals surface area contributed by atoms with E-state index in [9.17, 15) is 0 Å². The summed E-state index contributed by atoms with van der Waals surface area (Å²) in [5.74, 6) is 0.740. The summed E-state index contributed by atoms with van der Waals surface area (Å²) in [6, 6.07) is 5.94. The predicted molar refractivity (Wildman–Crippen MR) is 80.6 cm³/mol. The first-order valence-corrected chi connectivity index (χ1v) is 7.28. The van der Waals surface area contributed by atoms with Crippen molar-refractivity contribution in [3.63, 3.8) is 0 Å². The topological polar surface area (TPSA) is 78.8 Å². The summed E-state index contributed by atoms with van der Waals surface area (Å²) >= 11 is 0. The van der Waals surface area contributed by atoms with Gasteiger partial charge in [0.25, 0.3) is 0 Å². The summed E-state index contributed by atoms with van der Waals surface area (Å²) in [4.78, 5) is 0. The van der Waals surface area contributed by atoms with Crippen molar-refractivity contribution in [2.75, 3.05) is 18.9 Å². The van der Waals surface area contributed by atoms with E-state index in [4.69, 9.17) is 10.5 Å². The number of benzene rings is 1. The number of nitrogen functional groups attached to an aromatic ring is 1. The van der Waals surface area contributed by atoms with Gasteiger partial charge in [0, 0.05) is 24.5 Å². The van der Waals surface area contributed by atoms with Gasteiger partial charge in [0.1, 0.15) is 0 Å². The first-order valence-electron chi connectivity index (χ1n) is 7.28. The fourth-order valence-electron chi connectivity index (χ4n) is 2.76. The zero-order valence-electron chi connectivity index (χ0n) is 12.5. The molecule has 6 heteroatoms. The number of nitrogens with zero attached hydrogens (tertiary/aromatic N) is 4. The molecule has 2 aromatic rings. The third-order valence-corrected chi connectivity index (χ3v) is 4.33. The molecule has 0 atom stereocenters. The van der Waals surface area contributed by atoms with E-state index in [0.29, 0.717) is 0 Å². The van der Waals surface area contributed by atoms with Crippen LogP contribution in [0, 0.1) is 12.3 Å². The highest BCUT2D eigenvalue weighted by Crippen LogP contribution is 2.33. The van der Waals surface area contributed by atoms with Crippen LogP contribution in [0.25, 0.3) is 11.4 Å². The summed E-state index contributed by atoms with van der Waals surface area (Å²) in [6.07, 6.45) is 2.05. The van der Waals surface area contributed by atoms with Crippen molar-refractivity contribution in [3.8, 4) is 11.4 Å². The second-order valence-corrected chi connectivity index (χ2v) is 6.12. The second-order valence-electron chi connectivity index (χ2n) is 6.12. The van der Waals surface area contributed by atoms with Crippen molar-refractivity contribution in [2.45, 2.75) is 33.2 Å². The number of rotatable bonds is 3. The highest BCUT2D eigenvalue weighted by Gasteiger charge is 2.29. The Labute approximate surface area is 124 Å². The van der Waals surface area contributed by atoms with Gasteiger partial charge in [-0.15, -0.1) is 5.10 Å². The van der Waals surface area contributed by atoms with E-state index in [0.717, 1.165) is 55.2 Å². The number of nitrogens with two attached hydrogens (primary N) is 1. The van der Waals surface area contributed by atoms with Gasteiger partial charge in [-0.1, -0.05) is 19.1 Å². The fraction of sp³-hybridized carbons (Fsp3) is 0.533. The Kier molecular flexibility index (Phi) is 3.63. The summed E-state index contributed by atoms with van der Waals surface area (Å²) in [5.41, 5.74) is 9.03. The molecule has 0 amide bonds. The van der Waals surface area contributed by atoms with Gasteiger partial charge in [0.15, 0.2) is 5.82 Å². The number of tetrazole rings is 1. The van der Waals surface area contributed by atoms with Crippen LogP contribution in [-0.4, -0.2) is 33.4 Å². The molecule has 1 saturated heterocycles. The van der Waals surface area contributed by atoms with Gasteiger partial charge in [0.2, 0.25) is 0 Å². The Morgan fingerprint density at radius 1 is 1.33 bits per heavy atom. The molecule has 0 aliphatic carbocycles. The third-order valence-electron chi connectivity index (χ3n) is 4.33. The molecule has 112 valence electrons. The molecule has 1 fully saturated rings. The number of hydrogen-bond donors (Lipinski definition) is 1. The van der Waals surface area contributed by atoms with Gasteiger partial charge >= 0.3 is 0 Å². The molecule has 0 unspecified atom stereocenters. The van der Waals surface area contributed by atoms with Crippen LogP contribution in [0.2, 0.25) is 0 Å². The van der Waals surface area contributed by atoms with Crippen LogP contribution < -0.4 is 5.73 Å². The Morgan fingerprint density at radius 3 is 2.86 bits per heavy atom. The largest absolute Gasteiger partial charge is 0.398 e. The summed E-state index contributed by atoms with van der Waals surface area (Å²) in [6.45, 7) is 6.65. The van der Waals surface area contributed by atoms with Crippen molar-refractivity contribution < 1.29 is 4.74 Å². The number of anilines is 1. The van der Waals surface area contributed by atoms with Crippen molar-refractivity contribution >= 4 is 5.69 Å². The van der Waals surface area contributed by atoms with E-state index in [-0.39, 0.29) is 5.41 Å². The monoisotopic (exact) mass is 287 g/mol. The second kappa shape index (κ2) is 5.44. The van der Waals surface area contributed by atoms with Crippen molar-refractivity contribution in [1.82, 2.24) is 20.2 Å². The Bertz CT molecular complexity index is 631. The minimum absolute atomic E-state index is 0.168. The SMILES string of the molecule is Cc1cccc(-c2nnnn2CC2(C)CCOCC2)c1N. The van der Waals surface area contributed by atoms with Crippen LogP contribution >= 0.6 is 0 Å². The first kappa shape index (κ1) is 14.0. The zero-order chi connectivity index (χ0) is 14.9. The number of hydrogen-bond acceptors (Lipinski definition) is 5. The molecule has 6 nitrogen and oxygen atoms in total. The van der Waals surface area contributed by atoms with Gasteiger partial charge in [-0.2, -0.15) is 0 Å². The lowest BCUT2D eigenvalue weighted by molar-refractivity contribution is 0.0138. The smallest absolute Gasteiger partial charge is 0.184 e. The summed E-state index contributed by atoms with van der Waals surface area (Å²) < 4.78 is 7.32. The van der Waals surface area contributed by atoms with E-state index in [1.54, 1.807) is 0 Å². The predicted octanol–water partition coefficient (Wildman–Crippen LogP) is 2.05. The normalized spacial score (nSPS) is 17.8. The molecular weight excluding hydrogens is 266 g/mol. The standard InChI is InChI=1S/C15H21N5O/c1-11-4-3-5-12(13(11)16)14-17-18-19-20(14)10-15(2)6-8-21-9-7-15/h3-5H,6-10,16H2,1-2H3. The molecule has 3 rings (SSSR count). The summed E-state index contributed by atoms with van der Waals surface area (Å²) in [7, 11) is 0. The Balaban J connectivity index is 1.92. The maximum atomic E-state index is 6.18. The van der Waals surface area contributed by atoms with Gasteiger partial charge < -0.3 is 10.5 Å². The van der Waals surface area contributed by atoms with Crippen LogP contribution in [0.15, 0.2) is 18.2 Å². The maximum absolute atomic E-state index is 6.18. The van der Waals surface area contributed by atoms with Gasteiger partial charge in [-0.05, 0) is 47.2 Å². The van der Waals surface area contributed by atoms with Crippen LogP contribution in [-0.2, 0) is 11.3 Å². The molecule has 0 bridgehead atoms. The summed E-state index contributed by atoms with van der Waals surface area (Å²) in [5, 5.41) is 12.2. The van der Waals surface area contributed by atoms with Crippen molar-refractivity contribution in [3.05, 3.63) is 23.8 Å². The number of aromatic nitrogens is 4. The van der Waals surface area contributed by atoms with E-state index >= 15 is 0 Å². The molecule has 0 saturated carbocycles. The number of ether oxygens (including phenoxy) is 1. The van der Waals surface area contributed by atoms with E-state index in [1.807, 2.05) is 29.8 Å². The maximum Gasteiger partial charge on any atom is 0.184 e. The number of aryl methyl sites for hydroxylation is 1. The number of para-hydroxylation sites is 1. The lowest BCUT2D eigenvalue weighted by Crippen LogP contribution is -2.31. The van der Waals surface area contributed by atoms with Crippen LogP contribution in [0.4, 0.5) is 5.69 Å². The van der Waals surface area contributed by atoms with E-state index < -0.39 is 0 Å². The van der Waals surface area contributed by atoms with Crippen LogP contribution in [0.5, 0.6) is 0 Å². The quantitative estimate of drug-likeness (QED) is 0.874. The molecule has 1 aromatic heterocycles. The highest BCUT2D eigenvalue weighted by molar-refractivity contribution is 5.73. The molecule has 1 aliphatic heterocycles. The van der Waals surface area contributed by atoms with Crippen molar-refractivity contribution in [1.29, 1.82) is 0 Å². The Hall–Kier alpha value is -1.95. The average Bonchev–Trinajstić information content (AvgIpc) is 2.90. The minimum Gasteiger partial charge on any atom is -0.398 e. The van der Waals surface area contributed by atoms with Gasteiger partial charge in [-0.25, -0.2) is 4.68 Å². The lowest BCUT2D eigenvalue weighted by Gasteiger charge is -2.33. The molecular formula is C15H21N5O. The molecule has 2 heterocycles. The molecule has 21 heavy (non-hydrogen) atoms. The Morgan fingerprint density at radius 2 is 2.10 bits per heavy atom. The van der Waals surface area contributed by atoms with Gasteiger partial charge in [0.05, 0.1) is 6.54 Å². The zero-order valence-corrected chi connectivity index (χ0v) is 12.5. The molecule has 1 aliphatic rings. The minimum atomic E-state index is 0.168. The molecule has 0 radical (unpaired) electrons. The lowest BCUT2D eigenvalue weighted by atomic mass is 9.82. The molecule has 1 aromatic carbocycles. The van der Waals surface area contributed by atoms with E-state index in [1.165, 1.54) is 0 Å². The third kappa shape index (κ3) is 2.76. The first-order chi connectivity index (χ1) is 10.1. The van der Waals surface area contributed by atoms with Crippen LogP contribution in [0.1, 0.15) is 25.3 Å². The van der Waals surface area contributed by atoms with Gasteiger partial charge in [-0.3, -0.25) is 0 Å².